The fraction of sp³-hybridized carbons (Fsp3) is 0.280. The summed E-state index contributed by atoms with van der Waals surface area (Å²) in [6.45, 7) is 3.30. The third-order valence-electron chi connectivity index (χ3n) is 5.75. The average molecular weight is 509 g/mol. The second-order valence-corrected chi connectivity index (χ2v) is 10.1. The lowest BCUT2D eigenvalue weighted by Gasteiger charge is -2.29. The van der Waals surface area contributed by atoms with Crippen LogP contribution in [0.2, 0.25) is 0 Å². The molecule has 0 amide bonds. The minimum Gasteiger partial charge on any atom is -0.453 e. The lowest BCUT2D eigenvalue weighted by atomic mass is 9.96. The number of piperidine rings is 1. The van der Waals surface area contributed by atoms with Gasteiger partial charge in [0.25, 0.3) is 0 Å². The number of para-hydroxylation sites is 1. The summed E-state index contributed by atoms with van der Waals surface area (Å²) in [6.07, 6.45) is 5.79. The standard InChI is InChI=1S/C25H26N6O2S2/c32-15-14-31-12-9-18(10-13-31)23-28-25(35-30-23)29-24-21(33-19-6-2-1-3-7-19)16-20(17-27-24)34-22-8-4-5-11-26-22/h1-8,11,16-18,32H,9-10,12-15H2,(H,27,28,29,30)/p+2. The normalized spacial score (nSPS) is 14.7. The molecule has 4 heterocycles. The van der Waals surface area contributed by atoms with Crippen LogP contribution in [-0.4, -0.2) is 50.6 Å². The first kappa shape index (κ1) is 23.7. The Labute approximate surface area is 212 Å². The van der Waals surface area contributed by atoms with Crippen molar-refractivity contribution in [3.63, 3.8) is 0 Å². The van der Waals surface area contributed by atoms with Crippen molar-refractivity contribution in [1.82, 2.24) is 19.2 Å². The molecule has 1 saturated heterocycles. The number of rotatable bonds is 9. The van der Waals surface area contributed by atoms with Crippen molar-refractivity contribution in [2.45, 2.75) is 28.7 Å². The van der Waals surface area contributed by atoms with Crippen LogP contribution < -0.4 is 15.0 Å². The fourth-order valence-corrected chi connectivity index (χ4v) is 5.41. The highest BCUT2D eigenvalue weighted by Crippen LogP contribution is 2.36. The van der Waals surface area contributed by atoms with Gasteiger partial charge < -0.3 is 15.2 Å². The maximum atomic E-state index is 7.43. The number of H-pyrrole nitrogens is 1. The van der Waals surface area contributed by atoms with Gasteiger partial charge in [0.05, 0.1) is 6.54 Å². The van der Waals surface area contributed by atoms with Gasteiger partial charge in [-0.15, -0.1) is 0 Å². The molecule has 1 aliphatic heterocycles. The van der Waals surface area contributed by atoms with Crippen molar-refractivity contribution in [2.24, 2.45) is 0 Å². The van der Waals surface area contributed by atoms with Crippen LogP contribution >= 0.6 is 23.3 Å². The highest BCUT2D eigenvalue weighted by Gasteiger charge is 2.24. The van der Waals surface area contributed by atoms with Crippen LogP contribution in [0.4, 0.5) is 10.9 Å². The summed E-state index contributed by atoms with van der Waals surface area (Å²) in [7, 11) is 0. The van der Waals surface area contributed by atoms with Gasteiger partial charge in [-0.2, -0.15) is 4.37 Å². The van der Waals surface area contributed by atoms with Gasteiger partial charge in [0.15, 0.2) is 24.4 Å². The lowest BCUT2D eigenvalue weighted by Crippen LogP contribution is -2.35. The molecule has 1 aromatic carbocycles. The van der Waals surface area contributed by atoms with Crippen molar-refractivity contribution in [2.75, 3.05) is 31.6 Å². The highest BCUT2D eigenvalue weighted by atomic mass is 32.2. The Bertz CT molecular complexity index is 1220. The van der Waals surface area contributed by atoms with Gasteiger partial charge in [-0.3, -0.25) is 4.90 Å². The Hall–Kier alpha value is -3.05. The predicted octanol–water partition coefficient (Wildman–Crippen LogP) is 4.34. The molecule has 1 aliphatic rings. The molecule has 35 heavy (non-hydrogen) atoms. The number of pyridine rings is 2. The van der Waals surface area contributed by atoms with E-state index < -0.39 is 0 Å². The van der Waals surface area contributed by atoms with E-state index in [-0.39, 0.29) is 0 Å². The molecule has 8 nitrogen and oxygen atoms in total. The van der Waals surface area contributed by atoms with Gasteiger partial charge in [0.2, 0.25) is 10.2 Å². The molecule has 4 N–H and O–H groups in total. The monoisotopic (exact) mass is 508 g/mol. The van der Waals surface area contributed by atoms with Crippen molar-refractivity contribution < 1.29 is 14.8 Å². The molecule has 0 spiro atoms. The Balaban J connectivity index is 1.33. The van der Waals surface area contributed by atoms with E-state index in [1.165, 1.54) is 11.5 Å². The number of nitrogens with zero attached hydrogens (tertiary/aromatic N) is 4. The van der Waals surface area contributed by atoms with E-state index in [0.29, 0.717) is 29.2 Å². The van der Waals surface area contributed by atoms with Gasteiger partial charge in [-0.1, -0.05) is 18.2 Å². The zero-order valence-electron chi connectivity index (χ0n) is 19.2. The maximum absolute atomic E-state index is 7.43. The Morgan fingerprint density at radius 1 is 1.14 bits per heavy atom. The molecule has 3 aromatic heterocycles. The van der Waals surface area contributed by atoms with E-state index in [0.717, 1.165) is 54.0 Å². The van der Waals surface area contributed by atoms with Crippen LogP contribution in [0.25, 0.3) is 0 Å². The van der Waals surface area contributed by atoms with Crippen LogP contribution in [0.1, 0.15) is 24.6 Å². The summed E-state index contributed by atoms with van der Waals surface area (Å²) >= 11 is 2.94. The number of aromatic nitrogens is 4. The van der Waals surface area contributed by atoms with Gasteiger partial charge in [-0.25, -0.2) is 15.0 Å². The summed E-state index contributed by atoms with van der Waals surface area (Å²) in [6, 6.07) is 17.6. The van der Waals surface area contributed by atoms with Gasteiger partial charge in [-0.05, 0) is 55.9 Å². The summed E-state index contributed by atoms with van der Waals surface area (Å²) in [5, 5.41) is 12.5. The molecule has 0 unspecified atom stereocenters. The molecular weight excluding hydrogens is 480 g/mol. The van der Waals surface area contributed by atoms with Crippen LogP contribution in [-0.2, 0) is 0 Å². The minimum atomic E-state index is 0.359. The van der Waals surface area contributed by atoms with Crippen LogP contribution in [0.5, 0.6) is 11.5 Å². The SMILES string of the molecule is [OH2+]CCN1CCC(c2nsc(Nc3ncc(Sc4cccc[nH+]4)cc3Oc3ccccc3)n2)CC1. The molecule has 0 aliphatic carbocycles. The van der Waals surface area contributed by atoms with Crippen LogP contribution in [0.3, 0.4) is 0 Å². The predicted molar refractivity (Wildman–Crippen MR) is 138 cm³/mol. The Morgan fingerprint density at radius 2 is 1.97 bits per heavy atom. The number of likely N-dealkylation sites (tertiary alicyclic amines) is 1. The molecule has 5 rings (SSSR count). The molecule has 4 aromatic rings. The number of benzene rings is 1. The number of hydrogen-bond donors (Lipinski definition) is 1. The number of ether oxygens (including phenoxy) is 1. The van der Waals surface area contributed by atoms with Crippen molar-refractivity contribution in [1.29, 1.82) is 0 Å². The maximum Gasteiger partial charge on any atom is 0.243 e. The first-order valence-electron chi connectivity index (χ1n) is 11.6. The minimum absolute atomic E-state index is 0.359. The van der Waals surface area contributed by atoms with Crippen molar-refractivity contribution in [3.8, 4) is 11.5 Å². The second-order valence-electron chi connectivity index (χ2n) is 8.21. The first-order chi connectivity index (χ1) is 17.3. The Morgan fingerprint density at radius 3 is 2.74 bits per heavy atom. The number of aromatic amines is 1. The summed E-state index contributed by atoms with van der Waals surface area (Å²) in [4.78, 5) is 16.0. The number of hydrogen-bond acceptors (Lipinski definition) is 8. The van der Waals surface area contributed by atoms with E-state index in [2.05, 4.69) is 24.6 Å². The van der Waals surface area contributed by atoms with Crippen LogP contribution in [0.15, 0.2) is 76.9 Å². The summed E-state index contributed by atoms with van der Waals surface area (Å²) in [5.41, 5.74) is 0. The average Bonchev–Trinajstić information content (AvgIpc) is 3.36. The fourth-order valence-electron chi connectivity index (χ4n) is 3.96. The highest BCUT2D eigenvalue weighted by molar-refractivity contribution is 7.99. The van der Waals surface area contributed by atoms with Gasteiger partial charge in [0, 0.05) is 46.7 Å². The van der Waals surface area contributed by atoms with Gasteiger partial charge in [0.1, 0.15) is 11.6 Å². The van der Waals surface area contributed by atoms with E-state index >= 15 is 0 Å². The molecular formula is C25H28N6O2S2+2. The molecule has 180 valence electrons. The summed E-state index contributed by atoms with van der Waals surface area (Å²) < 4.78 is 10.8. The summed E-state index contributed by atoms with van der Waals surface area (Å²) in [5.74, 6) is 3.21. The number of nitrogens with one attached hydrogen (secondary N) is 2. The van der Waals surface area contributed by atoms with E-state index in [1.807, 2.05) is 67.0 Å². The molecule has 10 heteroatoms. The van der Waals surface area contributed by atoms with Gasteiger partial charge >= 0.3 is 0 Å². The molecule has 0 radical (unpaired) electrons. The molecule has 1 fully saturated rings. The Kier molecular flexibility index (Phi) is 7.84. The first-order valence-corrected chi connectivity index (χ1v) is 13.2. The van der Waals surface area contributed by atoms with E-state index in [1.54, 1.807) is 11.8 Å². The molecule has 0 bridgehead atoms. The smallest absolute Gasteiger partial charge is 0.243 e. The zero-order valence-corrected chi connectivity index (χ0v) is 20.8. The van der Waals surface area contributed by atoms with Crippen molar-refractivity contribution >= 4 is 34.2 Å². The van der Waals surface area contributed by atoms with E-state index in [4.69, 9.17) is 14.8 Å². The third-order valence-corrected chi connectivity index (χ3v) is 7.33. The van der Waals surface area contributed by atoms with Crippen LogP contribution in [0, 0.1) is 0 Å². The second kappa shape index (κ2) is 11.6. The topological polar surface area (TPSA) is 100 Å². The third kappa shape index (κ3) is 6.34. The molecule has 0 atom stereocenters. The van der Waals surface area contributed by atoms with E-state index in [9.17, 15) is 0 Å². The lowest BCUT2D eigenvalue weighted by molar-refractivity contribution is -0.426. The zero-order chi connectivity index (χ0) is 23.9. The molecule has 0 saturated carbocycles. The van der Waals surface area contributed by atoms with Crippen molar-refractivity contribution in [3.05, 3.63) is 72.8 Å². The largest absolute Gasteiger partial charge is 0.453 e. The quantitative estimate of drug-likeness (QED) is 0.336. The number of anilines is 2.